The first kappa shape index (κ1) is 15.7. The molecule has 0 fully saturated rings. The third-order valence-corrected chi connectivity index (χ3v) is 3.58. The summed E-state index contributed by atoms with van der Waals surface area (Å²) >= 11 is 0. The minimum absolute atomic E-state index is 0.0215. The van der Waals surface area contributed by atoms with Crippen LogP contribution in [0.25, 0.3) is 0 Å². The van der Waals surface area contributed by atoms with Crippen molar-refractivity contribution >= 4 is 34.8 Å². The van der Waals surface area contributed by atoms with Crippen molar-refractivity contribution in [2.75, 3.05) is 22.1 Å². The number of rotatable bonds is 4. The Hall–Kier alpha value is -3.22. The lowest BCUT2D eigenvalue weighted by molar-refractivity contribution is -0.124. The Balaban J connectivity index is 1.61. The zero-order chi connectivity index (χ0) is 16.9. The topological polar surface area (TPSA) is 91.4 Å². The van der Waals surface area contributed by atoms with Crippen molar-refractivity contribution in [3.05, 3.63) is 48.8 Å². The van der Waals surface area contributed by atoms with Crippen LogP contribution in [0.3, 0.4) is 0 Å². The zero-order valence-corrected chi connectivity index (χ0v) is 12.9. The number of benzene rings is 1. The minimum atomic E-state index is -0.272. The molecule has 24 heavy (non-hydrogen) atoms. The van der Waals surface area contributed by atoms with E-state index in [9.17, 15) is 14.4 Å². The summed E-state index contributed by atoms with van der Waals surface area (Å²) in [5, 5.41) is 5.40. The first-order valence-electron chi connectivity index (χ1n) is 7.52. The molecule has 0 saturated heterocycles. The Morgan fingerprint density at radius 2 is 2.00 bits per heavy atom. The van der Waals surface area contributed by atoms with Gasteiger partial charge in [-0.3, -0.25) is 19.4 Å². The molecule has 0 radical (unpaired) electrons. The average molecular weight is 324 g/mol. The summed E-state index contributed by atoms with van der Waals surface area (Å²) in [5.74, 6) is -0.786. The first-order chi connectivity index (χ1) is 11.6. The number of fused-ring (bicyclic) bond motifs is 1. The summed E-state index contributed by atoms with van der Waals surface area (Å²) in [6, 6.07) is 10.5. The van der Waals surface area contributed by atoms with Crippen LogP contribution in [0.2, 0.25) is 0 Å². The number of nitrogens with zero attached hydrogens (tertiary/aromatic N) is 2. The van der Waals surface area contributed by atoms with Crippen LogP contribution < -0.4 is 15.5 Å². The van der Waals surface area contributed by atoms with Crippen LogP contribution >= 0.6 is 0 Å². The monoisotopic (exact) mass is 324 g/mol. The molecule has 1 aromatic heterocycles. The minimum Gasteiger partial charge on any atom is -0.325 e. The van der Waals surface area contributed by atoms with Crippen LogP contribution in [0.4, 0.5) is 17.1 Å². The van der Waals surface area contributed by atoms with E-state index in [1.165, 1.54) is 11.1 Å². The Bertz CT molecular complexity index is 776. The fourth-order valence-corrected chi connectivity index (χ4v) is 2.47. The number of para-hydroxylation sites is 2. The molecule has 0 atom stereocenters. The number of carbonyl (C=O) groups excluding carboxylic acids is 3. The van der Waals surface area contributed by atoms with Crippen molar-refractivity contribution in [1.29, 1.82) is 0 Å². The number of pyridine rings is 1. The van der Waals surface area contributed by atoms with Gasteiger partial charge in [0.25, 0.3) is 0 Å². The van der Waals surface area contributed by atoms with Crippen molar-refractivity contribution in [2.24, 2.45) is 0 Å². The summed E-state index contributed by atoms with van der Waals surface area (Å²) in [5.41, 5.74) is 1.83. The van der Waals surface area contributed by atoms with Crippen LogP contribution in [-0.4, -0.2) is 29.3 Å². The van der Waals surface area contributed by atoms with Crippen molar-refractivity contribution in [3.63, 3.8) is 0 Å². The molecule has 7 heteroatoms. The summed E-state index contributed by atoms with van der Waals surface area (Å²) in [6.45, 7) is -0.0416. The van der Waals surface area contributed by atoms with Gasteiger partial charge in [0.15, 0.2) is 0 Å². The lowest BCUT2D eigenvalue weighted by Gasteiger charge is -2.29. The van der Waals surface area contributed by atoms with E-state index in [-0.39, 0.29) is 37.1 Å². The quantitative estimate of drug-likeness (QED) is 0.897. The highest BCUT2D eigenvalue weighted by Crippen LogP contribution is 2.29. The van der Waals surface area contributed by atoms with Crippen molar-refractivity contribution < 1.29 is 14.4 Å². The third-order valence-electron chi connectivity index (χ3n) is 3.58. The van der Waals surface area contributed by atoms with Crippen LogP contribution in [0, 0.1) is 0 Å². The molecule has 0 saturated carbocycles. The van der Waals surface area contributed by atoms with Gasteiger partial charge in [-0.15, -0.1) is 0 Å². The van der Waals surface area contributed by atoms with Gasteiger partial charge in [-0.05, 0) is 24.3 Å². The predicted octanol–water partition coefficient (Wildman–Crippen LogP) is 1.79. The van der Waals surface area contributed by atoms with Gasteiger partial charge in [0.05, 0.1) is 23.3 Å². The van der Waals surface area contributed by atoms with Gasteiger partial charge in [0.1, 0.15) is 6.54 Å². The predicted molar refractivity (Wildman–Crippen MR) is 89.5 cm³/mol. The highest BCUT2D eigenvalue weighted by molar-refractivity contribution is 6.10. The summed E-state index contributed by atoms with van der Waals surface area (Å²) in [7, 11) is 0. The summed E-state index contributed by atoms with van der Waals surface area (Å²) in [4.78, 5) is 41.4. The number of anilines is 3. The van der Waals surface area contributed by atoms with Gasteiger partial charge >= 0.3 is 0 Å². The number of hydrogen-bond donors (Lipinski definition) is 2. The fourth-order valence-electron chi connectivity index (χ4n) is 2.47. The van der Waals surface area contributed by atoms with Crippen molar-refractivity contribution in [1.82, 2.24) is 4.98 Å². The normalized spacial score (nSPS) is 13.0. The third kappa shape index (κ3) is 3.57. The molecule has 3 amide bonds. The highest BCUT2D eigenvalue weighted by Gasteiger charge is 2.26. The number of amides is 3. The Morgan fingerprint density at radius 3 is 2.79 bits per heavy atom. The molecule has 2 aromatic rings. The van der Waals surface area contributed by atoms with Crippen LogP contribution in [0.1, 0.15) is 12.8 Å². The first-order valence-corrected chi connectivity index (χ1v) is 7.52. The molecule has 0 spiro atoms. The molecule has 1 aliphatic heterocycles. The van der Waals surface area contributed by atoms with E-state index >= 15 is 0 Å². The van der Waals surface area contributed by atoms with Gasteiger partial charge in [-0.2, -0.15) is 0 Å². The van der Waals surface area contributed by atoms with Gasteiger partial charge in [-0.25, -0.2) is 0 Å². The SMILES string of the molecule is O=C(CCC(=O)N1CC(=O)Nc2ccccc21)Nc1cccnc1. The molecule has 7 nitrogen and oxygen atoms in total. The largest absolute Gasteiger partial charge is 0.325 e. The van der Waals surface area contributed by atoms with Crippen LogP contribution in [-0.2, 0) is 14.4 Å². The molecule has 0 aliphatic carbocycles. The maximum absolute atomic E-state index is 12.4. The maximum atomic E-state index is 12.4. The lowest BCUT2D eigenvalue weighted by atomic mass is 10.1. The molecular weight excluding hydrogens is 308 g/mol. The zero-order valence-electron chi connectivity index (χ0n) is 12.9. The second-order valence-electron chi connectivity index (χ2n) is 5.34. The Morgan fingerprint density at radius 1 is 1.17 bits per heavy atom. The van der Waals surface area contributed by atoms with Gasteiger partial charge < -0.3 is 15.5 Å². The Labute approximate surface area is 138 Å². The van der Waals surface area contributed by atoms with Gasteiger partial charge in [0.2, 0.25) is 17.7 Å². The molecule has 0 bridgehead atoms. The number of carbonyl (C=O) groups is 3. The van der Waals surface area contributed by atoms with E-state index in [0.29, 0.717) is 17.1 Å². The van der Waals surface area contributed by atoms with E-state index < -0.39 is 0 Å². The second-order valence-corrected chi connectivity index (χ2v) is 5.34. The van der Waals surface area contributed by atoms with Crippen molar-refractivity contribution in [3.8, 4) is 0 Å². The van der Waals surface area contributed by atoms with Gasteiger partial charge in [0, 0.05) is 19.0 Å². The number of nitrogens with one attached hydrogen (secondary N) is 2. The molecule has 122 valence electrons. The second kappa shape index (κ2) is 6.91. The summed E-state index contributed by atoms with van der Waals surface area (Å²) in [6.07, 6.45) is 3.20. The van der Waals surface area contributed by atoms with Gasteiger partial charge in [-0.1, -0.05) is 12.1 Å². The molecule has 1 aromatic carbocycles. The van der Waals surface area contributed by atoms with E-state index in [2.05, 4.69) is 15.6 Å². The van der Waals surface area contributed by atoms with E-state index in [1.807, 2.05) is 0 Å². The van der Waals surface area contributed by atoms with E-state index in [0.717, 1.165) is 0 Å². The lowest BCUT2D eigenvalue weighted by Crippen LogP contribution is -2.42. The molecular formula is C17H16N4O3. The molecule has 3 rings (SSSR count). The van der Waals surface area contributed by atoms with Crippen molar-refractivity contribution in [2.45, 2.75) is 12.8 Å². The smallest absolute Gasteiger partial charge is 0.244 e. The number of aromatic nitrogens is 1. The highest BCUT2D eigenvalue weighted by atomic mass is 16.2. The molecule has 2 heterocycles. The van der Waals surface area contributed by atoms with E-state index in [1.54, 1.807) is 42.6 Å². The van der Waals surface area contributed by atoms with Crippen LogP contribution in [0.15, 0.2) is 48.8 Å². The van der Waals surface area contributed by atoms with Crippen LogP contribution in [0.5, 0.6) is 0 Å². The molecule has 0 unspecified atom stereocenters. The standard InChI is InChI=1S/C17H16N4O3/c22-15(19-12-4-3-9-18-10-12)7-8-17(24)21-11-16(23)20-13-5-1-2-6-14(13)21/h1-6,9-10H,7-8,11H2,(H,19,22)(H,20,23). The van der Waals surface area contributed by atoms with E-state index in [4.69, 9.17) is 0 Å². The summed E-state index contributed by atoms with van der Waals surface area (Å²) < 4.78 is 0. The maximum Gasteiger partial charge on any atom is 0.244 e. The Kier molecular flexibility index (Phi) is 4.51. The average Bonchev–Trinajstić information content (AvgIpc) is 2.59. The molecule has 2 N–H and O–H groups in total. The number of hydrogen-bond acceptors (Lipinski definition) is 4. The molecule has 1 aliphatic rings. The fraction of sp³-hybridized carbons (Fsp3) is 0.176.